The Morgan fingerprint density at radius 2 is 2.45 bits per heavy atom. The summed E-state index contributed by atoms with van der Waals surface area (Å²) in [5.41, 5.74) is 0. The first-order valence-electron chi connectivity index (χ1n) is 3.14. The van der Waals surface area contributed by atoms with E-state index in [1.54, 1.807) is 6.07 Å². The summed E-state index contributed by atoms with van der Waals surface area (Å²) in [4.78, 5) is 4.39. The van der Waals surface area contributed by atoms with Crippen LogP contribution in [0.4, 0.5) is 0 Å². The third-order valence-electron chi connectivity index (χ3n) is 1.33. The Bertz CT molecular complexity index is 276. The third-order valence-corrected chi connectivity index (χ3v) is 2.83. The molecule has 1 aromatic heterocycles. The summed E-state index contributed by atoms with van der Waals surface area (Å²) in [6.45, 7) is 1.94. The second-order valence-electron chi connectivity index (χ2n) is 2.14. The van der Waals surface area contributed by atoms with Crippen LogP contribution in [0.3, 0.4) is 0 Å². The number of hydrogen-bond donors (Lipinski definition) is 1. The van der Waals surface area contributed by atoms with Gasteiger partial charge >= 0.3 is 0 Å². The lowest BCUT2D eigenvalue weighted by Crippen LogP contribution is -2.03. The van der Waals surface area contributed by atoms with Gasteiger partial charge in [-0.2, -0.15) is 5.26 Å². The van der Waals surface area contributed by atoms with E-state index in [1.165, 1.54) is 11.3 Å². The van der Waals surface area contributed by atoms with Crippen LogP contribution in [0, 0.1) is 11.3 Å². The smallest absolute Gasteiger partial charge is 0.110 e. The fourth-order valence-electron chi connectivity index (χ4n) is 0.699. The summed E-state index contributed by atoms with van der Waals surface area (Å²) >= 11 is 6.87. The van der Waals surface area contributed by atoms with Crippen molar-refractivity contribution < 1.29 is 0 Å². The van der Waals surface area contributed by atoms with Crippen LogP contribution >= 0.6 is 23.1 Å². The van der Waals surface area contributed by atoms with Crippen molar-refractivity contribution in [1.82, 2.24) is 4.84 Å². The molecule has 0 bridgehead atoms. The van der Waals surface area contributed by atoms with E-state index in [4.69, 9.17) is 17.0 Å². The van der Waals surface area contributed by atoms with Crippen LogP contribution in [0.15, 0.2) is 12.1 Å². The van der Waals surface area contributed by atoms with E-state index < -0.39 is 0 Å². The molecular weight excluding hydrogens is 180 g/mol. The number of halogens is 1. The number of nitrogens with one attached hydrogen (secondary N) is 1. The lowest BCUT2D eigenvalue weighted by molar-refractivity contribution is 0.761. The minimum atomic E-state index is 0.115. The van der Waals surface area contributed by atoms with Crippen molar-refractivity contribution in [2.24, 2.45) is 0 Å². The van der Waals surface area contributed by atoms with Crippen LogP contribution in [-0.2, 0) is 0 Å². The van der Waals surface area contributed by atoms with Crippen molar-refractivity contribution in [3.63, 3.8) is 0 Å². The first-order valence-corrected chi connectivity index (χ1v) is 4.33. The number of nitriles is 1. The molecule has 0 saturated carbocycles. The lowest BCUT2D eigenvalue weighted by atomic mass is 10.3. The number of nitrogens with zero attached hydrogens (tertiary/aromatic N) is 1. The molecule has 0 amide bonds. The summed E-state index contributed by atoms with van der Waals surface area (Å²) in [5, 5.41) is 8.51. The monoisotopic (exact) mass is 186 g/mol. The van der Waals surface area contributed by atoms with Gasteiger partial charge in [0.2, 0.25) is 0 Å². The van der Waals surface area contributed by atoms with E-state index in [-0.39, 0.29) is 6.04 Å². The van der Waals surface area contributed by atoms with Crippen LogP contribution in [0.5, 0.6) is 0 Å². The average Bonchev–Trinajstić information content (AvgIpc) is 2.50. The molecule has 0 spiro atoms. The molecule has 4 heteroatoms. The molecule has 11 heavy (non-hydrogen) atoms. The standard InChI is InChI=1S/C7H7ClN2S/c1-5(10-8)7-3-2-6(4-9)11-7/h2-3,5,10H,1H3. The Morgan fingerprint density at radius 1 is 1.73 bits per heavy atom. The summed E-state index contributed by atoms with van der Waals surface area (Å²) in [5.74, 6) is 0. The van der Waals surface area contributed by atoms with Crippen molar-refractivity contribution in [2.45, 2.75) is 13.0 Å². The molecule has 1 rings (SSSR count). The highest BCUT2D eigenvalue weighted by Gasteiger charge is 2.05. The molecule has 1 N–H and O–H groups in total. The quantitative estimate of drug-likeness (QED) is 0.721. The van der Waals surface area contributed by atoms with Gasteiger partial charge in [-0.1, -0.05) is 0 Å². The van der Waals surface area contributed by atoms with Crippen molar-refractivity contribution in [3.8, 4) is 6.07 Å². The first-order chi connectivity index (χ1) is 5.27. The molecule has 0 aromatic carbocycles. The van der Waals surface area contributed by atoms with Gasteiger partial charge in [0.15, 0.2) is 0 Å². The molecule has 1 heterocycles. The Morgan fingerprint density at radius 3 is 2.91 bits per heavy atom. The molecule has 0 aliphatic rings. The molecule has 0 aliphatic heterocycles. The molecular formula is C7H7ClN2S. The lowest BCUT2D eigenvalue weighted by Gasteiger charge is -2.02. The van der Waals surface area contributed by atoms with Gasteiger partial charge in [0.05, 0.1) is 6.04 Å². The van der Waals surface area contributed by atoms with Gasteiger partial charge in [-0.3, -0.25) is 0 Å². The summed E-state index contributed by atoms with van der Waals surface area (Å²) in [6.07, 6.45) is 0. The molecule has 1 atom stereocenters. The summed E-state index contributed by atoms with van der Waals surface area (Å²) < 4.78 is 0. The maximum absolute atomic E-state index is 8.51. The predicted octanol–water partition coefficient (Wildman–Crippen LogP) is 2.42. The Kier molecular flexibility index (Phi) is 2.89. The van der Waals surface area contributed by atoms with Crippen LogP contribution in [0.1, 0.15) is 22.7 Å². The largest absolute Gasteiger partial charge is 0.225 e. The molecule has 0 saturated heterocycles. The molecule has 1 aromatic rings. The van der Waals surface area contributed by atoms with E-state index in [1.807, 2.05) is 13.0 Å². The SMILES string of the molecule is CC(NCl)c1ccc(C#N)s1. The average molecular weight is 187 g/mol. The van der Waals surface area contributed by atoms with Gasteiger partial charge < -0.3 is 0 Å². The highest BCUT2D eigenvalue weighted by molar-refractivity contribution is 7.12. The van der Waals surface area contributed by atoms with Crippen molar-refractivity contribution in [2.75, 3.05) is 0 Å². The van der Waals surface area contributed by atoms with Gasteiger partial charge in [0.1, 0.15) is 10.9 Å². The Labute approximate surface area is 74.5 Å². The maximum atomic E-state index is 8.51. The van der Waals surface area contributed by atoms with E-state index >= 15 is 0 Å². The molecule has 0 radical (unpaired) electrons. The van der Waals surface area contributed by atoms with Crippen LogP contribution in [-0.4, -0.2) is 0 Å². The van der Waals surface area contributed by atoms with Crippen LogP contribution in [0.25, 0.3) is 0 Å². The van der Waals surface area contributed by atoms with E-state index in [2.05, 4.69) is 10.9 Å². The van der Waals surface area contributed by atoms with Crippen molar-refractivity contribution in [3.05, 3.63) is 21.9 Å². The third kappa shape index (κ3) is 1.93. The minimum absolute atomic E-state index is 0.115. The Hall–Kier alpha value is -0.560. The van der Waals surface area contributed by atoms with Gasteiger partial charge in [-0.15, -0.1) is 11.3 Å². The summed E-state index contributed by atoms with van der Waals surface area (Å²) in [6, 6.07) is 5.89. The zero-order valence-corrected chi connectivity index (χ0v) is 7.54. The molecule has 1 unspecified atom stereocenters. The molecule has 2 nitrogen and oxygen atoms in total. The fraction of sp³-hybridized carbons (Fsp3) is 0.286. The van der Waals surface area contributed by atoms with Crippen LogP contribution < -0.4 is 4.84 Å². The number of hydrogen-bond acceptors (Lipinski definition) is 3. The maximum Gasteiger partial charge on any atom is 0.110 e. The van der Waals surface area contributed by atoms with Crippen molar-refractivity contribution >= 4 is 23.1 Å². The van der Waals surface area contributed by atoms with E-state index in [0.29, 0.717) is 0 Å². The molecule has 0 fully saturated rings. The van der Waals surface area contributed by atoms with E-state index in [9.17, 15) is 0 Å². The topological polar surface area (TPSA) is 35.8 Å². The highest BCUT2D eigenvalue weighted by atomic mass is 35.5. The first kappa shape index (κ1) is 8.54. The van der Waals surface area contributed by atoms with E-state index in [0.717, 1.165) is 9.75 Å². The van der Waals surface area contributed by atoms with Gasteiger partial charge in [0.25, 0.3) is 0 Å². The van der Waals surface area contributed by atoms with Crippen molar-refractivity contribution in [1.29, 1.82) is 5.26 Å². The zero-order valence-electron chi connectivity index (χ0n) is 5.97. The number of rotatable bonds is 2. The summed E-state index contributed by atoms with van der Waals surface area (Å²) in [7, 11) is 0. The number of thiophene rings is 1. The molecule has 58 valence electrons. The highest BCUT2D eigenvalue weighted by Crippen LogP contribution is 2.22. The molecule has 0 aliphatic carbocycles. The minimum Gasteiger partial charge on any atom is -0.225 e. The van der Waals surface area contributed by atoms with Gasteiger partial charge in [-0.25, -0.2) is 4.84 Å². The fourth-order valence-corrected chi connectivity index (χ4v) is 1.69. The zero-order chi connectivity index (χ0) is 8.27. The second-order valence-corrected chi connectivity index (χ2v) is 3.48. The van der Waals surface area contributed by atoms with Gasteiger partial charge in [-0.05, 0) is 30.8 Å². The second kappa shape index (κ2) is 3.72. The van der Waals surface area contributed by atoms with Gasteiger partial charge in [0, 0.05) is 4.88 Å². The van der Waals surface area contributed by atoms with Crippen LogP contribution in [0.2, 0.25) is 0 Å². The normalized spacial score (nSPS) is 12.5. The predicted molar refractivity (Wildman–Crippen MR) is 46.4 cm³/mol. The Balaban J connectivity index is 2.82.